The molecule has 2 aliphatic heterocycles. The van der Waals surface area contributed by atoms with Crippen LogP contribution < -0.4 is 9.80 Å². The molecule has 0 bridgehead atoms. The average Bonchev–Trinajstić information content (AvgIpc) is 3.17. The van der Waals surface area contributed by atoms with Gasteiger partial charge in [-0.25, -0.2) is 9.97 Å². The Morgan fingerprint density at radius 2 is 1.63 bits per heavy atom. The zero-order valence-corrected chi connectivity index (χ0v) is 18.2. The number of fused-ring (bicyclic) bond motifs is 1. The Kier molecular flexibility index (Phi) is 5.08. The molecule has 5 rings (SSSR count). The molecule has 1 aromatic carbocycles. The number of aromatic amines is 1. The minimum Gasteiger partial charge on any atom is -0.354 e. The molecule has 1 saturated heterocycles. The van der Waals surface area contributed by atoms with Gasteiger partial charge in [0, 0.05) is 73.6 Å². The molecule has 4 heterocycles. The zero-order chi connectivity index (χ0) is 20.7. The molecule has 0 radical (unpaired) electrons. The van der Waals surface area contributed by atoms with Crippen LogP contribution in [0.4, 0.5) is 11.6 Å². The number of nitrogens with zero attached hydrogens (tertiary/aromatic N) is 6. The van der Waals surface area contributed by atoms with E-state index in [0.717, 1.165) is 79.4 Å². The van der Waals surface area contributed by atoms with Crippen molar-refractivity contribution in [3.8, 4) is 11.3 Å². The van der Waals surface area contributed by atoms with Gasteiger partial charge in [-0.1, -0.05) is 23.7 Å². The molecule has 0 amide bonds. The third-order valence-corrected chi connectivity index (χ3v) is 6.27. The van der Waals surface area contributed by atoms with E-state index in [0.29, 0.717) is 0 Å². The van der Waals surface area contributed by atoms with E-state index < -0.39 is 0 Å². The molecule has 1 N–H and O–H groups in total. The molecule has 1 fully saturated rings. The van der Waals surface area contributed by atoms with Gasteiger partial charge in [-0.05, 0) is 26.1 Å². The van der Waals surface area contributed by atoms with Crippen LogP contribution in [0.25, 0.3) is 11.3 Å². The van der Waals surface area contributed by atoms with Crippen molar-refractivity contribution in [3.05, 3.63) is 52.4 Å². The summed E-state index contributed by atoms with van der Waals surface area (Å²) in [6.45, 7) is 7.79. The molecule has 2 aromatic heterocycles. The maximum absolute atomic E-state index is 6.06. The number of anilines is 2. The second kappa shape index (κ2) is 7.89. The highest BCUT2D eigenvalue weighted by molar-refractivity contribution is 6.30. The monoisotopic (exact) mass is 423 g/mol. The molecule has 0 spiro atoms. The Labute approximate surface area is 181 Å². The third kappa shape index (κ3) is 3.75. The number of halogens is 1. The lowest BCUT2D eigenvalue weighted by molar-refractivity contribution is 0.312. The van der Waals surface area contributed by atoms with Crippen LogP contribution in [-0.4, -0.2) is 64.8 Å². The van der Waals surface area contributed by atoms with E-state index in [1.54, 1.807) is 0 Å². The summed E-state index contributed by atoms with van der Waals surface area (Å²) >= 11 is 6.06. The average molecular weight is 424 g/mol. The number of piperazine rings is 1. The van der Waals surface area contributed by atoms with Crippen molar-refractivity contribution in [2.45, 2.75) is 19.9 Å². The molecule has 2 aliphatic rings. The summed E-state index contributed by atoms with van der Waals surface area (Å²) in [6.07, 6.45) is 0.919. The van der Waals surface area contributed by atoms with E-state index in [4.69, 9.17) is 21.6 Å². The summed E-state index contributed by atoms with van der Waals surface area (Å²) in [4.78, 5) is 16.6. The third-order valence-electron chi connectivity index (χ3n) is 6.01. The fourth-order valence-electron chi connectivity index (χ4n) is 4.23. The van der Waals surface area contributed by atoms with Gasteiger partial charge in [0.2, 0.25) is 0 Å². The van der Waals surface area contributed by atoms with E-state index in [2.05, 4.69) is 38.0 Å². The van der Waals surface area contributed by atoms with E-state index >= 15 is 0 Å². The van der Waals surface area contributed by atoms with Crippen LogP contribution in [0.1, 0.15) is 17.1 Å². The molecule has 8 heteroatoms. The van der Waals surface area contributed by atoms with Crippen LogP contribution in [0.3, 0.4) is 0 Å². The van der Waals surface area contributed by atoms with Crippen molar-refractivity contribution in [2.24, 2.45) is 0 Å². The van der Waals surface area contributed by atoms with E-state index in [1.165, 1.54) is 11.3 Å². The molecule has 0 unspecified atom stereocenters. The van der Waals surface area contributed by atoms with Gasteiger partial charge in [-0.3, -0.25) is 5.10 Å². The normalized spacial score (nSPS) is 17.3. The quantitative estimate of drug-likeness (QED) is 0.698. The first-order chi connectivity index (χ1) is 14.6. The number of H-pyrrole nitrogens is 1. The Hall–Kier alpha value is -2.64. The predicted molar refractivity (Wildman–Crippen MR) is 120 cm³/mol. The molecule has 7 nitrogen and oxygen atoms in total. The summed E-state index contributed by atoms with van der Waals surface area (Å²) in [5, 5.41) is 8.57. The number of nitrogens with one attached hydrogen (secondary N) is 1. The number of hydrogen-bond donors (Lipinski definition) is 1. The molecule has 3 aromatic rings. The van der Waals surface area contributed by atoms with Crippen molar-refractivity contribution in [1.29, 1.82) is 0 Å². The van der Waals surface area contributed by atoms with E-state index in [1.807, 2.05) is 31.2 Å². The number of likely N-dealkylation sites (N-methyl/N-ethyl adjacent to an activating group) is 1. The highest BCUT2D eigenvalue weighted by atomic mass is 35.5. The van der Waals surface area contributed by atoms with Crippen molar-refractivity contribution >= 4 is 23.2 Å². The fourth-order valence-corrected chi connectivity index (χ4v) is 4.36. The van der Waals surface area contributed by atoms with Gasteiger partial charge in [0.15, 0.2) is 0 Å². The Morgan fingerprint density at radius 3 is 2.37 bits per heavy atom. The minimum absolute atomic E-state index is 0.734. The van der Waals surface area contributed by atoms with Gasteiger partial charge < -0.3 is 14.7 Å². The summed E-state index contributed by atoms with van der Waals surface area (Å²) in [7, 11) is 2.17. The van der Waals surface area contributed by atoms with Crippen molar-refractivity contribution in [1.82, 2.24) is 25.1 Å². The van der Waals surface area contributed by atoms with Crippen molar-refractivity contribution in [2.75, 3.05) is 49.6 Å². The van der Waals surface area contributed by atoms with Gasteiger partial charge in [0.05, 0.1) is 5.69 Å². The molecule has 0 atom stereocenters. The molecule has 156 valence electrons. The first-order valence-electron chi connectivity index (χ1n) is 10.4. The van der Waals surface area contributed by atoms with Crippen LogP contribution in [0.2, 0.25) is 5.02 Å². The van der Waals surface area contributed by atoms with E-state index in [9.17, 15) is 0 Å². The number of benzene rings is 1. The van der Waals surface area contributed by atoms with Crippen LogP contribution in [0.15, 0.2) is 30.3 Å². The Morgan fingerprint density at radius 1 is 0.933 bits per heavy atom. The summed E-state index contributed by atoms with van der Waals surface area (Å²) < 4.78 is 0. The fraction of sp³-hybridized carbons (Fsp3) is 0.409. The molecular formula is C22H26ClN7. The summed E-state index contributed by atoms with van der Waals surface area (Å²) in [5.41, 5.74) is 4.52. The standard InChI is InChI=1S/C22H26ClN7/c1-15-24-20(29-11-9-28(2)10-12-29)13-21(25-15)30-8-7-19-18(14-30)22(27-26-19)16-3-5-17(23)6-4-16/h3-6,13H,7-12,14H2,1-2H3,(H,26,27). The number of hydrogen-bond acceptors (Lipinski definition) is 6. The lowest BCUT2D eigenvalue weighted by Gasteiger charge is -2.34. The van der Waals surface area contributed by atoms with Crippen LogP contribution in [-0.2, 0) is 13.0 Å². The Bertz CT molecular complexity index is 1040. The van der Waals surface area contributed by atoms with Crippen molar-refractivity contribution < 1.29 is 0 Å². The molecular weight excluding hydrogens is 398 g/mol. The van der Waals surface area contributed by atoms with Crippen LogP contribution in [0, 0.1) is 6.92 Å². The van der Waals surface area contributed by atoms with Gasteiger partial charge >= 0.3 is 0 Å². The van der Waals surface area contributed by atoms with Crippen LogP contribution in [0.5, 0.6) is 0 Å². The summed E-state index contributed by atoms with van der Waals surface area (Å²) in [5.74, 6) is 2.84. The van der Waals surface area contributed by atoms with Gasteiger partial charge in [-0.2, -0.15) is 5.10 Å². The minimum atomic E-state index is 0.734. The van der Waals surface area contributed by atoms with Gasteiger partial charge in [0.1, 0.15) is 17.5 Å². The first-order valence-corrected chi connectivity index (χ1v) is 10.8. The predicted octanol–water partition coefficient (Wildman–Crippen LogP) is 3.14. The topological polar surface area (TPSA) is 64.2 Å². The second-order valence-corrected chi connectivity index (χ2v) is 8.57. The maximum Gasteiger partial charge on any atom is 0.134 e. The number of aryl methyl sites for hydroxylation is 1. The summed E-state index contributed by atoms with van der Waals surface area (Å²) in [6, 6.07) is 10.0. The van der Waals surface area contributed by atoms with Gasteiger partial charge in [0.25, 0.3) is 0 Å². The lowest BCUT2D eigenvalue weighted by Crippen LogP contribution is -2.45. The zero-order valence-electron chi connectivity index (χ0n) is 17.4. The van der Waals surface area contributed by atoms with Crippen molar-refractivity contribution in [3.63, 3.8) is 0 Å². The molecule has 0 aliphatic carbocycles. The molecule has 0 saturated carbocycles. The number of aromatic nitrogens is 4. The van der Waals surface area contributed by atoms with E-state index in [-0.39, 0.29) is 0 Å². The smallest absolute Gasteiger partial charge is 0.134 e. The van der Waals surface area contributed by atoms with Crippen LogP contribution >= 0.6 is 11.6 Å². The lowest BCUT2D eigenvalue weighted by atomic mass is 10.0. The SMILES string of the molecule is Cc1nc(N2CCN(C)CC2)cc(N2CCc3[nH]nc(-c4ccc(Cl)cc4)c3C2)n1. The largest absolute Gasteiger partial charge is 0.354 e. The second-order valence-electron chi connectivity index (χ2n) is 8.13. The molecule has 30 heavy (non-hydrogen) atoms. The highest BCUT2D eigenvalue weighted by Gasteiger charge is 2.25. The highest BCUT2D eigenvalue weighted by Crippen LogP contribution is 2.31. The number of rotatable bonds is 3. The first kappa shape index (κ1) is 19.3. The Balaban J connectivity index is 1.42. The van der Waals surface area contributed by atoms with Gasteiger partial charge in [-0.15, -0.1) is 0 Å². The maximum atomic E-state index is 6.06.